The summed E-state index contributed by atoms with van der Waals surface area (Å²) < 4.78 is 22.9. The van der Waals surface area contributed by atoms with Crippen molar-refractivity contribution in [2.45, 2.75) is 120 Å². The van der Waals surface area contributed by atoms with Gasteiger partial charge in [0.1, 0.15) is 18.9 Å². The van der Waals surface area contributed by atoms with Gasteiger partial charge in [0, 0.05) is 20.0 Å². The van der Waals surface area contributed by atoms with E-state index in [1.165, 1.54) is 19.3 Å². The molecule has 0 N–H and O–H groups in total. The molecule has 1 saturated carbocycles. The number of carbonyl (C=O) groups excluding carboxylic acids is 2. The van der Waals surface area contributed by atoms with Gasteiger partial charge in [-0.15, -0.1) is 0 Å². The van der Waals surface area contributed by atoms with Crippen LogP contribution in [0.1, 0.15) is 120 Å². The van der Waals surface area contributed by atoms with E-state index in [2.05, 4.69) is 76.5 Å². The average Bonchev–Trinajstić information content (AvgIpc) is 2.73. The molecule has 0 aromatic heterocycles. The Bertz CT molecular complexity index is 745. The van der Waals surface area contributed by atoms with E-state index >= 15 is 0 Å². The summed E-state index contributed by atoms with van der Waals surface area (Å²) in [6, 6.07) is 0. The fourth-order valence-corrected chi connectivity index (χ4v) is 7.41. The molecule has 0 amide bonds. The summed E-state index contributed by atoms with van der Waals surface area (Å²) in [5.41, 5.74) is 0.553. The molecule has 1 rings (SSSR count). The molecule has 0 spiro atoms. The van der Waals surface area contributed by atoms with Gasteiger partial charge in [-0.1, -0.05) is 68.2 Å². The number of rotatable bonds is 17. The minimum atomic E-state index is -1.33. The smallest absolute Gasteiger partial charge is 0.332 e. The Morgan fingerprint density at radius 1 is 1.00 bits per heavy atom. The van der Waals surface area contributed by atoms with E-state index in [0.29, 0.717) is 56.2 Å². The van der Waals surface area contributed by atoms with Gasteiger partial charge >= 0.3 is 14.6 Å². The number of carbonyl (C=O) groups is 2. The summed E-state index contributed by atoms with van der Waals surface area (Å²) in [5, 5.41) is 0. The van der Waals surface area contributed by atoms with Crippen LogP contribution in [-0.4, -0.2) is 70.9 Å². The molecule has 0 aliphatic heterocycles. The predicted molar refractivity (Wildman–Crippen MR) is 172 cm³/mol. The Morgan fingerprint density at radius 3 is 2.12 bits per heavy atom. The van der Waals surface area contributed by atoms with Crippen molar-refractivity contribution in [3.63, 3.8) is 0 Å². The molecule has 0 radical (unpaired) electrons. The number of hydrogen-bond acceptors (Lipinski definition) is 6. The first-order valence-corrected chi connectivity index (χ1v) is 16.8. The van der Waals surface area contributed by atoms with E-state index in [1.807, 2.05) is 0 Å². The number of quaternary nitrogens is 1. The maximum absolute atomic E-state index is 12.4. The zero-order valence-corrected chi connectivity index (χ0v) is 30.1. The molecule has 0 saturated heterocycles. The van der Waals surface area contributed by atoms with Crippen LogP contribution in [0.5, 0.6) is 0 Å². The van der Waals surface area contributed by atoms with Gasteiger partial charge < -0.3 is 27.6 Å². The van der Waals surface area contributed by atoms with Gasteiger partial charge in [-0.05, 0) is 60.7 Å². The summed E-state index contributed by atoms with van der Waals surface area (Å²) in [6.07, 6.45) is 9.03. The van der Waals surface area contributed by atoms with E-state index in [4.69, 9.17) is 18.3 Å². The number of hydrogen-bond donors (Lipinski definition) is 0. The van der Waals surface area contributed by atoms with Crippen LogP contribution in [0, 0.1) is 28.1 Å². The zero-order valence-electron chi connectivity index (χ0n) is 29.2. The van der Waals surface area contributed by atoms with Gasteiger partial charge in [0.05, 0.1) is 40.8 Å². The Kier molecular flexibility index (Phi) is 18.7. The Morgan fingerprint density at radius 2 is 1.61 bits per heavy atom. The fourth-order valence-electron chi connectivity index (χ4n) is 6.62. The second-order valence-corrected chi connectivity index (χ2v) is 17.2. The Hall–Kier alpha value is -0.590. The van der Waals surface area contributed by atoms with Crippen LogP contribution in [-0.2, 0) is 27.9 Å². The molecule has 7 nitrogen and oxygen atoms in total. The molecule has 244 valence electrons. The number of likely N-dealkylation sites (N-methyl/N-ethyl adjacent to an activating group) is 1. The summed E-state index contributed by atoms with van der Waals surface area (Å²) in [6.45, 7) is 21.8. The van der Waals surface area contributed by atoms with E-state index in [9.17, 15) is 9.59 Å². The molecule has 41 heavy (non-hydrogen) atoms. The van der Waals surface area contributed by atoms with Crippen molar-refractivity contribution in [2.75, 3.05) is 54.6 Å². The molecule has 0 bridgehead atoms. The molecular weight excluding hydrogens is 537 g/mol. The number of Topliss-reactive ketones (excluding diaryl/α,β-unsaturated/α-hetero) is 1. The van der Waals surface area contributed by atoms with Crippen LogP contribution < -0.4 is 0 Å². The van der Waals surface area contributed by atoms with Crippen LogP contribution >= 0.6 is 8.60 Å². The summed E-state index contributed by atoms with van der Waals surface area (Å²) in [7, 11) is 6.61. The number of nitrogens with zero attached hydrogens (tertiary/aromatic N) is 1. The summed E-state index contributed by atoms with van der Waals surface area (Å²) in [5.74, 6) is 1.66. The van der Waals surface area contributed by atoms with Gasteiger partial charge in [0.15, 0.2) is 0 Å². The van der Waals surface area contributed by atoms with Crippen molar-refractivity contribution in [3.05, 3.63) is 0 Å². The third-order valence-electron chi connectivity index (χ3n) is 7.22. The van der Waals surface area contributed by atoms with Crippen molar-refractivity contribution in [1.82, 2.24) is 0 Å². The quantitative estimate of drug-likeness (QED) is 0.0717. The number of ether oxygens (including phenoxy) is 1. The lowest BCUT2D eigenvalue weighted by molar-refractivity contribution is -0.870. The third kappa shape index (κ3) is 22.6. The van der Waals surface area contributed by atoms with Crippen molar-refractivity contribution >= 4 is 20.4 Å². The van der Waals surface area contributed by atoms with Crippen LogP contribution in [0.3, 0.4) is 0 Å². The largest absolute Gasteiger partial charge is 0.466 e. The molecule has 0 aromatic rings. The van der Waals surface area contributed by atoms with Crippen LogP contribution in [0.25, 0.3) is 0 Å². The van der Waals surface area contributed by atoms with Gasteiger partial charge in [-0.2, -0.15) is 0 Å². The zero-order chi connectivity index (χ0) is 31.9. The average molecular weight is 605 g/mol. The minimum Gasteiger partial charge on any atom is -0.466 e. The topological polar surface area (TPSA) is 71.1 Å². The SMILES string of the molecule is CC(=O)CC(C)(C)CC(C)(C)C.CCCC1CC(C)CC(C)(CC(=O)OCCCOP(OC)OCC[N+](C)(C)C)C1. The highest BCUT2D eigenvalue weighted by molar-refractivity contribution is 7.41. The maximum atomic E-state index is 12.4. The standard InChI is InChI=1S/C22H45NO5P.C11H22O/c1-8-10-20-15-19(2)16-22(3,17-20)18-21(24)26-12-9-13-27-29(25-7)28-14-11-23(4,5)6;1-9(12)7-11(5,6)8-10(2,3)4/h19-20H,8-18H2,1-7H3;7-8H2,1-6H3/q+1;. The number of ketones is 1. The third-order valence-corrected chi connectivity index (χ3v) is 8.30. The van der Waals surface area contributed by atoms with Gasteiger partial charge in [0.25, 0.3) is 0 Å². The first-order valence-electron chi connectivity index (χ1n) is 15.7. The van der Waals surface area contributed by atoms with E-state index < -0.39 is 8.60 Å². The highest BCUT2D eigenvalue weighted by atomic mass is 31.2. The van der Waals surface area contributed by atoms with Crippen molar-refractivity contribution in [1.29, 1.82) is 0 Å². The molecule has 4 atom stereocenters. The van der Waals surface area contributed by atoms with Crippen LogP contribution in [0.2, 0.25) is 0 Å². The highest BCUT2D eigenvalue weighted by Crippen LogP contribution is 2.46. The second kappa shape index (κ2) is 18.9. The lowest BCUT2D eigenvalue weighted by Gasteiger charge is -2.41. The lowest BCUT2D eigenvalue weighted by Crippen LogP contribution is -2.37. The number of esters is 1. The first kappa shape index (κ1) is 40.4. The Balaban J connectivity index is 0.00000112. The van der Waals surface area contributed by atoms with Gasteiger partial charge in [0.2, 0.25) is 0 Å². The fraction of sp³-hybridized carbons (Fsp3) is 0.939. The first-order chi connectivity index (χ1) is 18.7. The van der Waals surface area contributed by atoms with Crippen molar-refractivity contribution in [2.24, 2.45) is 28.1 Å². The van der Waals surface area contributed by atoms with Crippen LogP contribution in [0.4, 0.5) is 0 Å². The van der Waals surface area contributed by atoms with Crippen LogP contribution in [0.15, 0.2) is 0 Å². The highest BCUT2D eigenvalue weighted by Gasteiger charge is 2.37. The molecule has 0 aromatic carbocycles. The van der Waals surface area contributed by atoms with Gasteiger partial charge in [-0.25, -0.2) is 0 Å². The monoisotopic (exact) mass is 604 g/mol. The molecule has 0 heterocycles. The second-order valence-electron chi connectivity index (χ2n) is 15.8. The molecule has 8 heteroatoms. The van der Waals surface area contributed by atoms with E-state index in [1.54, 1.807) is 14.0 Å². The summed E-state index contributed by atoms with van der Waals surface area (Å²) >= 11 is 0. The van der Waals surface area contributed by atoms with Crippen molar-refractivity contribution in [3.8, 4) is 0 Å². The minimum absolute atomic E-state index is 0.0782. The Labute approximate surface area is 255 Å². The van der Waals surface area contributed by atoms with Crippen molar-refractivity contribution < 1.29 is 32.4 Å². The normalized spacial score (nSPS) is 22.5. The molecule has 1 aliphatic carbocycles. The molecule has 1 fully saturated rings. The molecule has 4 unspecified atom stereocenters. The van der Waals surface area contributed by atoms with E-state index in [-0.39, 0.29) is 16.8 Å². The predicted octanol–water partition coefficient (Wildman–Crippen LogP) is 8.59. The molecule has 1 aliphatic rings. The van der Waals surface area contributed by atoms with E-state index in [0.717, 1.165) is 36.2 Å². The molecular formula is C33H67NO6P+. The maximum Gasteiger partial charge on any atom is 0.332 e. The van der Waals surface area contributed by atoms with Gasteiger partial charge in [-0.3, -0.25) is 4.79 Å². The summed E-state index contributed by atoms with van der Waals surface area (Å²) in [4.78, 5) is 23.3. The lowest BCUT2D eigenvalue weighted by atomic mass is 9.64.